The fraction of sp³-hybridized carbons (Fsp3) is 0.0952. The van der Waals surface area contributed by atoms with Gasteiger partial charge in [-0.1, -0.05) is 29.5 Å². The van der Waals surface area contributed by atoms with E-state index in [1.165, 1.54) is 11.3 Å². The third-order valence-corrected chi connectivity index (χ3v) is 4.88. The highest BCUT2D eigenvalue weighted by Crippen LogP contribution is 2.37. The first-order valence-corrected chi connectivity index (χ1v) is 9.49. The molecule has 0 amide bonds. The molecule has 0 bridgehead atoms. The Balaban J connectivity index is 1.59. The summed E-state index contributed by atoms with van der Waals surface area (Å²) >= 11 is 1.46. The molecule has 1 N–H and O–H groups in total. The van der Waals surface area contributed by atoms with Crippen LogP contribution >= 0.6 is 11.3 Å². The second-order valence-corrected chi connectivity index (χ2v) is 6.89. The second kappa shape index (κ2) is 8.49. The SMILES string of the molecule is COc1ccc(OCc2ccncc2)c(-c2nnc(Nc3ccccc3)s2)c1. The van der Waals surface area contributed by atoms with Gasteiger partial charge in [0.25, 0.3) is 0 Å². The van der Waals surface area contributed by atoms with Gasteiger partial charge in [-0.25, -0.2) is 0 Å². The van der Waals surface area contributed by atoms with Crippen LogP contribution in [0.4, 0.5) is 10.8 Å². The molecule has 4 rings (SSSR count). The van der Waals surface area contributed by atoms with Crippen molar-refractivity contribution in [3.8, 4) is 22.1 Å². The zero-order chi connectivity index (χ0) is 19.2. The van der Waals surface area contributed by atoms with Crippen LogP contribution < -0.4 is 14.8 Å². The van der Waals surface area contributed by atoms with Crippen LogP contribution in [0.1, 0.15) is 5.56 Å². The Bertz CT molecular complexity index is 1040. The van der Waals surface area contributed by atoms with Crippen molar-refractivity contribution in [2.75, 3.05) is 12.4 Å². The summed E-state index contributed by atoms with van der Waals surface area (Å²) in [6, 6.07) is 19.4. The molecule has 0 spiro atoms. The lowest BCUT2D eigenvalue weighted by molar-refractivity contribution is 0.306. The second-order valence-electron chi connectivity index (χ2n) is 5.91. The number of rotatable bonds is 7. The summed E-state index contributed by atoms with van der Waals surface area (Å²) < 4.78 is 11.4. The van der Waals surface area contributed by atoms with E-state index in [1.807, 2.05) is 60.7 Å². The van der Waals surface area contributed by atoms with Crippen molar-refractivity contribution in [3.05, 3.63) is 78.6 Å². The molecule has 28 heavy (non-hydrogen) atoms. The molecule has 4 aromatic rings. The number of para-hydroxylation sites is 1. The Morgan fingerprint density at radius 2 is 1.79 bits per heavy atom. The highest BCUT2D eigenvalue weighted by atomic mass is 32.1. The van der Waals surface area contributed by atoms with Gasteiger partial charge in [0.2, 0.25) is 5.13 Å². The van der Waals surface area contributed by atoms with Crippen molar-refractivity contribution >= 4 is 22.2 Å². The largest absolute Gasteiger partial charge is 0.497 e. The van der Waals surface area contributed by atoms with Gasteiger partial charge in [-0.2, -0.15) is 0 Å². The van der Waals surface area contributed by atoms with Gasteiger partial charge in [-0.15, -0.1) is 10.2 Å². The number of methoxy groups -OCH3 is 1. The molecule has 0 aliphatic carbocycles. The number of hydrogen-bond acceptors (Lipinski definition) is 7. The third-order valence-electron chi connectivity index (χ3n) is 4.01. The number of nitrogens with zero attached hydrogens (tertiary/aromatic N) is 3. The van der Waals surface area contributed by atoms with E-state index in [9.17, 15) is 0 Å². The first-order valence-electron chi connectivity index (χ1n) is 8.67. The van der Waals surface area contributed by atoms with E-state index in [-0.39, 0.29) is 0 Å². The summed E-state index contributed by atoms with van der Waals surface area (Å²) in [5.41, 5.74) is 2.84. The molecular weight excluding hydrogens is 372 g/mol. The summed E-state index contributed by atoms with van der Waals surface area (Å²) in [5, 5.41) is 13.3. The van der Waals surface area contributed by atoms with Crippen LogP contribution in [-0.2, 0) is 6.61 Å². The minimum atomic E-state index is 0.440. The average Bonchev–Trinajstić information content (AvgIpc) is 3.22. The van der Waals surface area contributed by atoms with Gasteiger partial charge in [0.1, 0.15) is 18.1 Å². The van der Waals surface area contributed by atoms with Gasteiger partial charge in [-0.3, -0.25) is 4.98 Å². The predicted molar refractivity (Wildman–Crippen MR) is 110 cm³/mol. The van der Waals surface area contributed by atoms with E-state index < -0.39 is 0 Å². The van der Waals surface area contributed by atoms with E-state index in [4.69, 9.17) is 9.47 Å². The highest BCUT2D eigenvalue weighted by molar-refractivity contribution is 7.18. The Labute approximate surface area is 166 Å². The van der Waals surface area contributed by atoms with Crippen molar-refractivity contribution in [2.24, 2.45) is 0 Å². The molecule has 6 nitrogen and oxygen atoms in total. The molecule has 0 saturated carbocycles. The van der Waals surface area contributed by atoms with Crippen LogP contribution in [0.2, 0.25) is 0 Å². The van der Waals surface area contributed by atoms with Crippen molar-refractivity contribution in [1.29, 1.82) is 0 Å². The van der Waals surface area contributed by atoms with Gasteiger partial charge < -0.3 is 14.8 Å². The molecule has 2 heterocycles. The molecule has 0 unspecified atom stereocenters. The van der Waals surface area contributed by atoms with E-state index in [2.05, 4.69) is 20.5 Å². The molecule has 2 aromatic heterocycles. The van der Waals surface area contributed by atoms with Gasteiger partial charge in [-0.05, 0) is 48.0 Å². The number of anilines is 2. The number of hydrogen-bond donors (Lipinski definition) is 1. The predicted octanol–water partition coefficient (Wildman–Crippen LogP) is 4.93. The molecule has 0 atom stereocenters. The standard InChI is InChI=1S/C21H18N4O2S/c1-26-17-7-8-19(27-14-15-9-11-22-12-10-15)18(13-17)20-24-25-21(28-20)23-16-5-3-2-4-6-16/h2-13H,14H2,1H3,(H,23,25). The Morgan fingerprint density at radius 3 is 2.57 bits per heavy atom. The zero-order valence-corrected chi connectivity index (χ0v) is 16.0. The minimum absolute atomic E-state index is 0.440. The smallest absolute Gasteiger partial charge is 0.210 e. The lowest BCUT2D eigenvalue weighted by Crippen LogP contribution is -1.97. The van der Waals surface area contributed by atoms with E-state index in [0.717, 1.165) is 33.3 Å². The average molecular weight is 390 g/mol. The molecule has 2 aromatic carbocycles. The maximum Gasteiger partial charge on any atom is 0.210 e. The van der Waals surface area contributed by atoms with E-state index >= 15 is 0 Å². The molecule has 0 aliphatic heterocycles. The van der Waals surface area contributed by atoms with Crippen molar-refractivity contribution in [2.45, 2.75) is 6.61 Å². The molecule has 0 aliphatic rings. The van der Waals surface area contributed by atoms with Crippen LogP contribution in [0.25, 0.3) is 10.6 Å². The topological polar surface area (TPSA) is 69.2 Å². The summed E-state index contributed by atoms with van der Waals surface area (Å²) in [6.07, 6.45) is 3.50. The van der Waals surface area contributed by atoms with Crippen molar-refractivity contribution in [3.63, 3.8) is 0 Å². The Morgan fingerprint density at radius 1 is 0.964 bits per heavy atom. The van der Waals surface area contributed by atoms with Gasteiger partial charge in [0, 0.05) is 18.1 Å². The molecule has 0 saturated heterocycles. The van der Waals surface area contributed by atoms with E-state index in [1.54, 1.807) is 19.5 Å². The van der Waals surface area contributed by atoms with Crippen LogP contribution in [0.5, 0.6) is 11.5 Å². The Hall–Kier alpha value is -3.45. The van der Waals surface area contributed by atoms with Crippen LogP contribution in [-0.4, -0.2) is 22.3 Å². The maximum atomic E-state index is 6.04. The van der Waals surface area contributed by atoms with Crippen LogP contribution in [0.3, 0.4) is 0 Å². The molecule has 0 fully saturated rings. The third kappa shape index (κ3) is 4.27. The summed E-state index contributed by atoms with van der Waals surface area (Å²) in [6.45, 7) is 0.440. The fourth-order valence-electron chi connectivity index (χ4n) is 2.60. The first-order chi connectivity index (χ1) is 13.8. The quantitative estimate of drug-likeness (QED) is 0.482. The minimum Gasteiger partial charge on any atom is -0.497 e. The normalized spacial score (nSPS) is 10.5. The van der Waals surface area contributed by atoms with Crippen LogP contribution in [0, 0.1) is 0 Å². The Kier molecular flexibility index (Phi) is 5.44. The maximum absolute atomic E-state index is 6.04. The van der Waals surface area contributed by atoms with Crippen molar-refractivity contribution in [1.82, 2.24) is 15.2 Å². The van der Waals surface area contributed by atoms with Gasteiger partial charge in [0.15, 0.2) is 5.01 Å². The van der Waals surface area contributed by atoms with Gasteiger partial charge >= 0.3 is 0 Å². The number of aromatic nitrogens is 3. The highest BCUT2D eigenvalue weighted by Gasteiger charge is 2.14. The number of ether oxygens (including phenoxy) is 2. The molecule has 0 radical (unpaired) electrons. The number of pyridine rings is 1. The first kappa shape index (κ1) is 17.9. The van der Waals surface area contributed by atoms with Gasteiger partial charge in [0.05, 0.1) is 12.7 Å². The molecule has 7 heteroatoms. The lowest BCUT2D eigenvalue weighted by Gasteiger charge is -2.11. The fourth-order valence-corrected chi connectivity index (χ4v) is 3.38. The monoisotopic (exact) mass is 390 g/mol. The lowest BCUT2D eigenvalue weighted by atomic mass is 10.2. The van der Waals surface area contributed by atoms with Crippen molar-refractivity contribution < 1.29 is 9.47 Å². The van der Waals surface area contributed by atoms with Crippen LogP contribution in [0.15, 0.2) is 73.1 Å². The van der Waals surface area contributed by atoms with E-state index in [0.29, 0.717) is 11.7 Å². The zero-order valence-electron chi connectivity index (χ0n) is 15.2. The summed E-state index contributed by atoms with van der Waals surface area (Å²) in [7, 11) is 1.64. The molecule has 140 valence electrons. The molecular formula is C21H18N4O2S. The number of benzene rings is 2. The summed E-state index contributed by atoms with van der Waals surface area (Å²) in [4.78, 5) is 4.03. The summed E-state index contributed by atoms with van der Waals surface area (Å²) in [5.74, 6) is 1.46. The number of nitrogens with one attached hydrogen (secondary N) is 1.